The van der Waals surface area contributed by atoms with Gasteiger partial charge in [-0.3, -0.25) is 4.79 Å². The van der Waals surface area contributed by atoms with Crippen molar-refractivity contribution in [3.8, 4) is 40.1 Å². The van der Waals surface area contributed by atoms with Gasteiger partial charge in [-0.05, 0) is 38.1 Å². The molecular formula is C24H26O7. The van der Waals surface area contributed by atoms with Crippen molar-refractivity contribution in [3.63, 3.8) is 0 Å². The van der Waals surface area contributed by atoms with E-state index in [9.17, 15) is 4.79 Å². The van der Waals surface area contributed by atoms with E-state index in [4.69, 9.17) is 28.1 Å². The molecule has 7 heteroatoms. The summed E-state index contributed by atoms with van der Waals surface area (Å²) in [5.74, 6) is 2.26. The molecule has 1 heterocycles. The minimum absolute atomic E-state index is 0.0660. The summed E-state index contributed by atoms with van der Waals surface area (Å²) in [5, 5.41) is 0.276. The summed E-state index contributed by atoms with van der Waals surface area (Å²) in [6.07, 6.45) is 1.95. The fraction of sp³-hybridized carbons (Fsp3) is 0.292. The lowest BCUT2D eigenvalue weighted by Gasteiger charge is -2.14. The number of methoxy groups -OCH3 is 4. The maximum atomic E-state index is 13.3. The summed E-state index contributed by atoms with van der Waals surface area (Å²) >= 11 is 0. The number of fused-ring (bicyclic) bond motifs is 1. The molecule has 0 saturated heterocycles. The van der Waals surface area contributed by atoms with E-state index < -0.39 is 0 Å². The van der Waals surface area contributed by atoms with Crippen LogP contribution in [0.1, 0.15) is 13.8 Å². The minimum atomic E-state index is -0.346. The summed E-state index contributed by atoms with van der Waals surface area (Å²) in [6.45, 7) is 4.37. The van der Waals surface area contributed by atoms with Crippen molar-refractivity contribution in [1.29, 1.82) is 0 Å². The maximum Gasteiger partial charge on any atom is 0.239 e. The largest absolute Gasteiger partial charge is 0.496 e. The Kier molecular flexibility index (Phi) is 6.74. The Morgan fingerprint density at radius 2 is 1.61 bits per heavy atom. The highest BCUT2D eigenvalue weighted by Gasteiger charge is 2.22. The normalized spacial score (nSPS) is 10.5. The molecule has 0 aliphatic rings. The van der Waals surface area contributed by atoms with Crippen LogP contribution in [0.5, 0.6) is 28.7 Å². The second-order valence-corrected chi connectivity index (χ2v) is 6.95. The number of ether oxygens (including phenoxy) is 5. The van der Waals surface area contributed by atoms with Gasteiger partial charge in [0.05, 0.1) is 28.4 Å². The molecule has 0 atom stereocenters. The predicted molar refractivity (Wildman–Crippen MR) is 119 cm³/mol. The van der Waals surface area contributed by atoms with Gasteiger partial charge in [0.25, 0.3) is 0 Å². The highest BCUT2D eigenvalue weighted by Crippen LogP contribution is 2.39. The van der Waals surface area contributed by atoms with Crippen molar-refractivity contribution in [2.24, 2.45) is 0 Å². The fourth-order valence-electron chi connectivity index (χ4n) is 3.14. The first-order valence-electron chi connectivity index (χ1n) is 9.64. The standard InChI is InChI=1S/C24H26O7/c1-14(2)9-10-30-16-12-19(28-5)21-20(13-16)31-23(24(29-6)22(21)25)15-7-8-17(26-3)18(11-15)27-4/h7-9,11-13H,10H2,1-6H3. The summed E-state index contributed by atoms with van der Waals surface area (Å²) in [4.78, 5) is 13.3. The van der Waals surface area contributed by atoms with Gasteiger partial charge < -0.3 is 28.1 Å². The molecule has 3 aromatic rings. The fourth-order valence-corrected chi connectivity index (χ4v) is 3.14. The van der Waals surface area contributed by atoms with Crippen molar-refractivity contribution in [1.82, 2.24) is 0 Å². The molecule has 31 heavy (non-hydrogen) atoms. The number of hydrogen-bond donors (Lipinski definition) is 0. The molecule has 0 fully saturated rings. The average molecular weight is 426 g/mol. The molecule has 0 bridgehead atoms. The molecule has 0 amide bonds. The summed E-state index contributed by atoms with van der Waals surface area (Å²) in [6, 6.07) is 8.55. The molecule has 7 nitrogen and oxygen atoms in total. The zero-order chi connectivity index (χ0) is 22.5. The third-order valence-corrected chi connectivity index (χ3v) is 4.70. The Morgan fingerprint density at radius 3 is 2.23 bits per heavy atom. The van der Waals surface area contributed by atoms with Crippen LogP contribution in [0.15, 0.2) is 51.2 Å². The van der Waals surface area contributed by atoms with Crippen molar-refractivity contribution < 1.29 is 28.1 Å². The van der Waals surface area contributed by atoms with Crippen LogP contribution in [0.2, 0.25) is 0 Å². The number of hydrogen-bond acceptors (Lipinski definition) is 7. The van der Waals surface area contributed by atoms with Crippen molar-refractivity contribution in [3.05, 3.63) is 52.2 Å². The lowest BCUT2D eigenvalue weighted by Crippen LogP contribution is -2.09. The van der Waals surface area contributed by atoms with Crippen LogP contribution in [-0.4, -0.2) is 35.0 Å². The lowest BCUT2D eigenvalue weighted by molar-refractivity contribution is 0.354. The first-order chi connectivity index (χ1) is 14.9. The van der Waals surface area contributed by atoms with Gasteiger partial charge in [-0.25, -0.2) is 0 Å². The summed E-state index contributed by atoms with van der Waals surface area (Å²) < 4.78 is 33.5. The van der Waals surface area contributed by atoms with Gasteiger partial charge in [-0.2, -0.15) is 0 Å². The molecule has 0 aliphatic heterocycles. The molecule has 164 valence electrons. The van der Waals surface area contributed by atoms with Crippen LogP contribution in [0.3, 0.4) is 0 Å². The number of benzene rings is 2. The average Bonchev–Trinajstić information content (AvgIpc) is 2.77. The van der Waals surface area contributed by atoms with E-state index in [-0.39, 0.29) is 22.3 Å². The number of rotatable bonds is 8. The Balaban J connectivity index is 2.23. The van der Waals surface area contributed by atoms with Crippen LogP contribution >= 0.6 is 0 Å². The molecule has 0 N–H and O–H groups in total. The van der Waals surface area contributed by atoms with E-state index in [2.05, 4.69) is 0 Å². The van der Waals surface area contributed by atoms with Gasteiger partial charge in [-0.1, -0.05) is 5.57 Å². The van der Waals surface area contributed by atoms with Crippen LogP contribution in [0.25, 0.3) is 22.3 Å². The zero-order valence-electron chi connectivity index (χ0n) is 18.5. The first kappa shape index (κ1) is 22.1. The van der Waals surface area contributed by atoms with Gasteiger partial charge in [0.15, 0.2) is 17.3 Å². The van der Waals surface area contributed by atoms with E-state index in [1.807, 2.05) is 19.9 Å². The van der Waals surface area contributed by atoms with E-state index in [0.29, 0.717) is 40.8 Å². The van der Waals surface area contributed by atoms with Crippen LogP contribution in [-0.2, 0) is 0 Å². The molecule has 3 rings (SSSR count). The van der Waals surface area contributed by atoms with Crippen molar-refractivity contribution >= 4 is 11.0 Å². The zero-order valence-corrected chi connectivity index (χ0v) is 18.5. The third kappa shape index (κ3) is 4.45. The van der Waals surface area contributed by atoms with Gasteiger partial charge in [0, 0.05) is 17.7 Å². The maximum absolute atomic E-state index is 13.3. The Morgan fingerprint density at radius 1 is 0.903 bits per heavy atom. The summed E-state index contributed by atoms with van der Waals surface area (Å²) in [7, 11) is 6.00. The van der Waals surface area contributed by atoms with Crippen LogP contribution in [0, 0.1) is 0 Å². The SMILES string of the molecule is COc1ccc(-c2oc3cc(OCC=C(C)C)cc(OC)c3c(=O)c2OC)cc1OC. The highest BCUT2D eigenvalue weighted by atomic mass is 16.5. The second-order valence-electron chi connectivity index (χ2n) is 6.95. The molecule has 1 aromatic heterocycles. The third-order valence-electron chi connectivity index (χ3n) is 4.70. The molecule has 0 saturated carbocycles. The monoisotopic (exact) mass is 426 g/mol. The van der Waals surface area contributed by atoms with E-state index in [1.54, 1.807) is 37.4 Å². The molecule has 0 spiro atoms. The van der Waals surface area contributed by atoms with E-state index in [1.165, 1.54) is 21.3 Å². The number of allylic oxidation sites excluding steroid dienone is 1. The molecule has 0 unspecified atom stereocenters. The molecule has 0 radical (unpaired) electrons. The highest BCUT2D eigenvalue weighted by molar-refractivity contribution is 5.88. The predicted octanol–water partition coefficient (Wildman–Crippen LogP) is 4.84. The quantitative estimate of drug-likeness (QED) is 0.477. The summed E-state index contributed by atoms with van der Waals surface area (Å²) in [5.41, 5.74) is 1.71. The van der Waals surface area contributed by atoms with Gasteiger partial charge in [0.1, 0.15) is 29.1 Å². The van der Waals surface area contributed by atoms with E-state index in [0.717, 1.165) is 5.57 Å². The first-order valence-corrected chi connectivity index (χ1v) is 9.64. The van der Waals surface area contributed by atoms with Crippen LogP contribution in [0.4, 0.5) is 0 Å². The lowest BCUT2D eigenvalue weighted by atomic mass is 10.1. The van der Waals surface area contributed by atoms with Gasteiger partial charge in [-0.15, -0.1) is 0 Å². The van der Waals surface area contributed by atoms with Crippen LogP contribution < -0.4 is 29.1 Å². The minimum Gasteiger partial charge on any atom is -0.496 e. The van der Waals surface area contributed by atoms with E-state index >= 15 is 0 Å². The second kappa shape index (κ2) is 9.47. The Labute approximate surface area is 180 Å². The molecule has 0 aliphatic carbocycles. The van der Waals surface area contributed by atoms with Crippen molar-refractivity contribution in [2.45, 2.75) is 13.8 Å². The van der Waals surface area contributed by atoms with Crippen molar-refractivity contribution in [2.75, 3.05) is 35.0 Å². The molecular weight excluding hydrogens is 400 g/mol. The van der Waals surface area contributed by atoms with Gasteiger partial charge in [0.2, 0.25) is 11.2 Å². The Bertz CT molecular complexity index is 1170. The topological polar surface area (TPSA) is 76.4 Å². The Hall–Kier alpha value is -3.61. The van der Waals surface area contributed by atoms with Gasteiger partial charge >= 0.3 is 0 Å². The molecule has 2 aromatic carbocycles. The smallest absolute Gasteiger partial charge is 0.239 e.